The minimum atomic E-state index is -3.05. The molecule has 9 heteroatoms. The van der Waals surface area contributed by atoms with E-state index in [-0.39, 0.29) is 6.61 Å². The van der Waals surface area contributed by atoms with Gasteiger partial charge >= 0.3 is 5.97 Å². The van der Waals surface area contributed by atoms with E-state index in [4.69, 9.17) is 0 Å². The lowest BCUT2D eigenvalue weighted by Gasteiger charge is -2.06. The Labute approximate surface area is 108 Å². The molecule has 0 saturated carbocycles. The number of nitrogens with zero attached hydrogens (tertiary/aromatic N) is 2. The maximum absolute atomic E-state index is 12.6. The molecule has 6 nitrogen and oxygen atoms in total. The van der Waals surface area contributed by atoms with Gasteiger partial charge in [0, 0.05) is 0 Å². The molecule has 0 aliphatic heterocycles. The molecule has 18 heavy (non-hydrogen) atoms. The Morgan fingerprint density at radius 2 is 2.28 bits per heavy atom. The zero-order valence-electron chi connectivity index (χ0n) is 9.02. The van der Waals surface area contributed by atoms with Crippen LogP contribution >= 0.6 is 15.9 Å². The third-order valence-electron chi connectivity index (χ3n) is 1.85. The van der Waals surface area contributed by atoms with Crippen molar-refractivity contribution in [2.45, 2.75) is 13.3 Å². The molecule has 0 atom stereocenters. The van der Waals surface area contributed by atoms with Crippen molar-refractivity contribution in [3.8, 4) is 0 Å². The molecule has 1 aromatic heterocycles. The number of carbonyl (C=O) groups excluding carboxylic acids is 1. The van der Waals surface area contributed by atoms with Crippen LogP contribution < -0.4 is 0 Å². The highest BCUT2D eigenvalue weighted by Gasteiger charge is 2.26. The summed E-state index contributed by atoms with van der Waals surface area (Å²) < 4.78 is 29.4. The number of hydrogen-bond acceptors (Lipinski definition) is 5. The Morgan fingerprint density at radius 1 is 1.67 bits per heavy atom. The van der Waals surface area contributed by atoms with Gasteiger partial charge in [0.1, 0.15) is 10.2 Å². The summed E-state index contributed by atoms with van der Waals surface area (Å²) in [5, 5.41) is 10.7. The molecule has 0 aliphatic rings. The zero-order chi connectivity index (χ0) is 13.9. The third-order valence-corrected chi connectivity index (χ3v) is 2.66. The fourth-order valence-electron chi connectivity index (χ4n) is 1.12. The Hall–Kier alpha value is -1.64. The van der Waals surface area contributed by atoms with E-state index in [2.05, 4.69) is 25.7 Å². The fourth-order valence-corrected chi connectivity index (χ4v) is 1.64. The molecule has 1 aromatic rings. The lowest BCUT2D eigenvalue weighted by atomic mass is 10.2. The number of rotatable bonds is 4. The van der Waals surface area contributed by atoms with Crippen LogP contribution in [0.3, 0.4) is 0 Å². The highest BCUT2D eigenvalue weighted by atomic mass is 79.9. The van der Waals surface area contributed by atoms with E-state index >= 15 is 0 Å². The molecule has 1 rings (SSSR count). The summed E-state index contributed by atoms with van der Waals surface area (Å²) in [6, 6.07) is 0.786. The highest BCUT2D eigenvalue weighted by molar-refractivity contribution is 9.10. The predicted molar refractivity (Wildman–Crippen MR) is 59.5 cm³/mol. The first-order valence-electron chi connectivity index (χ1n) is 4.68. The molecule has 0 saturated heterocycles. The second-order valence-corrected chi connectivity index (χ2v) is 3.80. The Bertz CT molecular complexity index is 496. The van der Waals surface area contributed by atoms with Gasteiger partial charge in [-0.25, -0.2) is 18.6 Å². The SMILES string of the molecule is CCOC(=O)c1cc([N+](=O)[O-])c(Br)c(C(F)F)n1. The topological polar surface area (TPSA) is 82.3 Å². The van der Waals surface area contributed by atoms with Crippen molar-refractivity contribution in [3.05, 3.63) is 32.0 Å². The average Bonchev–Trinajstić information content (AvgIpc) is 2.28. The first-order chi connectivity index (χ1) is 8.38. The van der Waals surface area contributed by atoms with Crippen LogP contribution in [0.1, 0.15) is 29.5 Å². The normalized spacial score (nSPS) is 10.5. The second kappa shape index (κ2) is 5.80. The van der Waals surface area contributed by atoms with Crippen LogP contribution in [-0.2, 0) is 4.74 Å². The van der Waals surface area contributed by atoms with E-state index in [1.165, 1.54) is 6.92 Å². The number of halogens is 3. The largest absolute Gasteiger partial charge is 0.461 e. The number of alkyl halides is 2. The minimum Gasteiger partial charge on any atom is -0.461 e. The molecule has 1 heterocycles. The molecule has 0 aliphatic carbocycles. The smallest absolute Gasteiger partial charge is 0.357 e. The monoisotopic (exact) mass is 324 g/mol. The van der Waals surface area contributed by atoms with Crippen molar-refractivity contribution in [1.82, 2.24) is 4.98 Å². The molecular weight excluding hydrogens is 318 g/mol. The molecular formula is C9H7BrF2N2O4. The summed E-state index contributed by atoms with van der Waals surface area (Å²) in [5.74, 6) is -0.991. The van der Waals surface area contributed by atoms with Crippen molar-refractivity contribution in [1.29, 1.82) is 0 Å². The number of esters is 1. The summed E-state index contributed by atoms with van der Waals surface area (Å²) in [5.41, 5.74) is -2.06. The quantitative estimate of drug-likeness (QED) is 0.483. The molecule has 0 radical (unpaired) electrons. The van der Waals surface area contributed by atoms with E-state index < -0.39 is 38.9 Å². The number of nitro groups is 1. The van der Waals surface area contributed by atoms with Crippen molar-refractivity contribution in [3.63, 3.8) is 0 Å². The number of hydrogen-bond donors (Lipinski definition) is 0. The van der Waals surface area contributed by atoms with Crippen LogP contribution in [0.5, 0.6) is 0 Å². The van der Waals surface area contributed by atoms with E-state index in [1.807, 2.05) is 0 Å². The summed E-state index contributed by atoms with van der Waals surface area (Å²) in [6.07, 6.45) is -3.05. The average molecular weight is 325 g/mol. The van der Waals surface area contributed by atoms with E-state index in [1.54, 1.807) is 0 Å². The Balaban J connectivity index is 3.38. The van der Waals surface area contributed by atoms with Crippen molar-refractivity contribution < 1.29 is 23.2 Å². The van der Waals surface area contributed by atoms with Crippen LogP contribution in [0.15, 0.2) is 10.5 Å². The van der Waals surface area contributed by atoms with Gasteiger partial charge in [0.25, 0.3) is 12.1 Å². The highest BCUT2D eigenvalue weighted by Crippen LogP contribution is 2.33. The molecule has 0 N–H and O–H groups in total. The van der Waals surface area contributed by atoms with Crippen LogP contribution in [0, 0.1) is 10.1 Å². The number of ether oxygens (including phenoxy) is 1. The van der Waals surface area contributed by atoms with Gasteiger partial charge in [0.05, 0.1) is 17.6 Å². The van der Waals surface area contributed by atoms with Crippen molar-refractivity contribution in [2.75, 3.05) is 6.61 Å². The summed E-state index contributed by atoms with van der Waals surface area (Å²) >= 11 is 2.67. The maximum Gasteiger partial charge on any atom is 0.357 e. The lowest BCUT2D eigenvalue weighted by Crippen LogP contribution is -2.10. The van der Waals surface area contributed by atoms with Gasteiger partial charge in [-0.3, -0.25) is 10.1 Å². The maximum atomic E-state index is 12.6. The number of aromatic nitrogens is 1. The van der Waals surface area contributed by atoms with E-state index in [0.717, 1.165) is 6.07 Å². The minimum absolute atomic E-state index is 0.00832. The van der Waals surface area contributed by atoms with Crippen molar-refractivity contribution in [2.24, 2.45) is 0 Å². The van der Waals surface area contributed by atoms with Gasteiger partial charge in [-0.2, -0.15) is 0 Å². The first kappa shape index (κ1) is 14.4. The summed E-state index contributed by atoms with van der Waals surface area (Å²) in [6.45, 7) is 1.52. The molecule has 0 amide bonds. The van der Waals surface area contributed by atoms with Gasteiger partial charge in [0.2, 0.25) is 0 Å². The Morgan fingerprint density at radius 3 is 2.72 bits per heavy atom. The van der Waals surface area contributed by atoms with Crippen LogP contribution in [0.2, 0.25) is 0 Å². The number of pyridine rings is 1. The van der Waals surface area contributed by atoms with E-state index in [0.29, 0.717) is 0 Å². The second-order valence-electron chi connectivity index (χ2n) is 3.00. The summed E-state index contributed by atoms with van der Waals surface area (Å²) in [7, 11) is 0. The predicted octanol–water partition coefficient (Wildman–Crippen LogP) is 2.87. The lowest BCUT2D eigenvalue weighted by molar-refractivity contribution is -0.385. The molecule has 0 bridgehead atoms. The number of carbonyl (C=O) groups is 1. The van der Waals surface area contributed by atoms with Crippen molar-refractivity contribution >= 4 is 27.6 Å². The summed E-state index contributed by atoms with van der Waals surface area (Å²) in [4.78, 5) is 24.5. The van der Waals surface area contributed by atoms with Gasteiger partial charge in [0.15, 0.2) is 5.69 Å². The van der Waals surface area contributed by atoms with Gasteiger partial charge < -0.3 is 4.74 Å². The first-order valence-corrected chi connectivity index (χ1v) is 5.47. The van der Waals surface area contributed by atoms with Crippen LogP contribution in [0.25, 0.3) is 0 Å². The standard InChI is InChI=1S/C9H7BrF2N2O4/c1-2-18-9(15)4-3-5(14(16)17)6(10)7(13-4)8(11)12/h3,8H,2H2,1H3. The molecule has 98 valence electrons. The molecule has 0 fully saturated rings. The van der Waals surface area contributed by atoms with Crippen LogP contribution in [0.4, 0.5) is 14.5 Å². The molecule has 0 unspecified atom stereocenters. The van der Waals surface area contributed by atoms with Gasteiger partial charge in [-0.05, 0) is 22.9 Å². The molecule has 0 spiro atoms. The Kier molecular flexibility index (Phi) is 4.65. The van der Waals surface area contributed by atoms with Gasteiger partial charge in [-0.15, -0.1) is 0 Å². The molecule has 0 aromatic carbocycles. The van der Waals surface area contributed by atoms with Gasteiger partial charge in [-0.1, -0.05) is 0 Å². The van der Waals surface area contributed by atoms with E-state index in [9.17, 15) is 23.7 Å². The fraction of sp³-hybridized carbons (Fsp3) is 0.333. The third kappa shape index (κ3) is 2.97. The zero-order valence-corrected chi connectivity index (χ0v) is 10.6. The van der Waals surface area contributed by atoms with Crippen LogP contribution in [-0.4, -0.2) is 22.5 Å².